The fraction of sp³-hybridized carbons (Fsp3) is 0.0370. The van der Waals surface area contributed by atoms with Gasteiger partial charge in [0.15, 0.2) is 11.5 Å². The highest BCUT2D eigenvalue weighted by Crippen LogP contribution is 2.34. The molecule has 10 nitrogen and oxygen atoms in total. The number of amides is 2. The number of urea groups is 1. The Hall–Kier alpha value is -5.38. The van der Waals surface area contributed by atoms with Gasteiger partial charge in [-0.2, -0.15) is 0 Å². The summed E-state index contributed by atoms with van der Waals surface area (Å²) in [7, 11) is 1.62. The number of carbonyl (C=O) groups excluding carboxylic acids is 1. The van der Waals surface area contributed by atoms with Gasteiger partial charge < -0.3 is 10.1 Å². The zero-order chi connectivity index (χ0) is 25.8. The van der Waals surface area contributed by atoms with Crippen molar-refractivity contribution in [3.63, 3.8) is 0 Å². The van der Waals surface area contributed by atoms with Gasteiger partial charge in [-0.15, -0.1) is 0 Å². The van der Waals surface area contributed by atoms with E-state index in [1.807, 2.05) is 54.6 Å². The third kappa shape index (κ3) is 5.03. The van der Waals surface area contributed by atoms with Crippen LogP contribution in [0.3, 0.4) is 0 Å². The van der Waals surface area contributed by atoms with Crippen LogP contribution in [0.5, 0.6) is 5.75 Å². The lowest BCUT2D eigenvalue weighted by molar-refractivity contribution is -0.383. The number of benzene rings is 3. The molecule has 0 unspecified atom stereocenters. The molecule has 0 spiro atoms. The van der Waals surface area contributed by atoms with E-state index in [9.17, 15) is 14.9 Å². The number of carbonyl (C=O) groups is 1. The first-order chi connectivity index (χ1) is 18.0. The standard InChI is InChI=1S/C27H20N6O4/c1-37-24-15-18(11-12-19(24)17-7-3-2-4-8-17)20-13-14-22-26(29-20)31-25(16-28-22)32-27(34)30-21-9-5-6-10-23(21)33(35)36/h2-16H,1H3,(H2,29,30,31,32,34). The van der Waals surface area contributed by atoms with Gasteiger partial charge in [-0.3, -0.25) is 15.4 Å². The predicted octanol–water partition coefficient (Wildman–Crippen LogP) is 5.92. The number of nitrogens with one attached hydrogen (secondary N) is 2. The number of nitro benzene ring substituents is 1. The third-order valence-electron chi connectivity index (χ3n) is 5.58. The number of pyridine rings is 1. The van der Waals surface area contributed by atoms with Crippen LogP contribution >= 0.6 is 0 Å². The molecule has 182 valence electrons. The summed E-state index contributed by atoms with van der Waals surface area (Å²) >= 11 is 0. The van der Waals surface area contributed by atoms with Crippen molar-refractivity contribution in [2.45, 2.75) is 0 Å². The SMILES string of the molecule is COc1cc(-c2ccc3ncc(NC(=O)Nc4ccccc4[N+](=O)[O-])nc3n2)ccc1-c1ccccc1. The average Bonchev–Trinajstić information content (AvgIpc) is 2.93. The summed E-state index contributed by atoms with van der Waals surface area (Å²) in [5, 5.41) is 16.2. The number of rotatable bonds is 6. The van der Waals surface area contributed by atoms with Gasteiger partial charge in [-0.1, -0.05) is 48.5 Å². The van der Waals surface area contributed by atoms with E-state index in [0.717, 1.165) is 16.7 Å². The molecular formula is C27H20N6O4. The Labute approximate surface area is 211 Å². The average molecular weight is 492 g/mol. The topological polar surface area (TPSA) is 132 Å². The van der Waals surface area contributed by atoms with Crippen molar-refractivity contribution in [2.75, 3.05) is 17.7 Å². The van der Waals surface area contributed by atoms with Crippen LogP contribution in [0.1, 0.15) is 0 Å². The first kappa shape index (κ1) is 23.4. The van der Waals surface area contributed by atoms with E-state index in [2.05, 4.69) is 25.6 Å². The maximum Gasteiger partial charge on any atom is 0.325 e. The lowest BCUT2D eigenvalue weighted by atomic mass is 10.0. The summed E-state index contributed by atoms with van der Waals surface area (Å²) in [6.07, 6.45) is 1.39. The fourth-order valence-electron chi connectivity index (χ4n) is 3.83. The Morgan fingerprint density at radius 3 is 2.46 bits per heavy atom. The summed E-state index contributed by atoms with van der Waals surface area (Å²) in [5.41, 5.74) is 4.19. The van der Waals surface area contributed by atoms with Gasteiger partial charge in [0.2, 0.25) is 0 Å². The molecule has 2 aromatic heterocycles. The maximum atomic E-state index is 12.5. The number of nitro groups is 1. The van der Waals surface area contributed by atoms with Crippen LogP contribution in [0, 0.1) is 10.1 Å². The van der Waals surface area contributed by atoms with Crippen molar-refractivity contribution in [1.29, 1.82) is 0 Å². The molecule has 0 saturated heterocycles. The first-order valence-corrected chi connectivity index (χ1v) is 11.2. The minimum Gasteiger partial charge on any atom is -0.496 e. The maximum absolute atomic E-state index is 12.5. The van der Waals surface area contributed by atoms with Gasteiger partial charge in [0.25, 0.3) is 5.69 Å². The van der Waals surface area contributed by atoms with E-state index >= 15 is 0 Å². The molecule has 0 fully saturated rings. The van der Waals surface area contributed by atoms with Crippen molar-refractivity contribution in [2.24, 2.45) is 0 Å². The second-order valence-electron chi connectivity index (χ2n) is 7.93. The van der Waals surface area contributed by atoms with E-state index in [1.165, 1.54) is 24.4 Å². The van der Waals surface area contributed by atoms with Crippen LogP contribution in [0.2, 0.25) is 0 Å². The largest absolute Gasteiger partial charge is 0.496 e. The number of aromatic nitrogens is 3. The molecule has 5 aromatic rings. The summed E-state index contributed by atoms with van der Waals surface area (Å²) in [6, 6.07) is 24.6. The van der Waals surface area contributed by atoms with Crippen molar-refractivity contribution < 1.29 is 14.5 Å². The zero-order valence-corrected chi connectivity index (χ0v) is 19.6. The van der Waals surface area contributed by atoms with Gasteiger partial charge in [0.1, 0.15) is 17.0 Å². The van der Waals surface area contributed by atoms with Crippen LogP contribution < -0.4 is 15.4 Å². The molecule has 2 amide bonds. The summed E-state index contributed by atoms with van der Waals surface area (Å²) in [6.45, 7) is 0. The number of para-hydroxylation sites is 2. The van der Waals surface area contributed by atoms with E-state index < -0.39 is 11.0 Å². The molecule has 37 heavy (non-hydrogen) atoms. The van der Waals surface area contributed by atoms with E-state index in [4.69, 9.17) is 4.74 Å². The molecule has 10 heteroatoms. The predicted molar refractivity (Wildman–Crippen MR) is 140 cm³/mol. The molecule has 3 aromatic carbocycles. The first-order valence-electron chi connectivity index (χ1n) is 11.2. The van der Waals surface area contributed by atoms with Crippen LogP contribution in [-0.2, 0) is 0 Å². The van der Waals surface area contributed by atoms with Gasteiger partial charge in [0, 0.05) is 17.2 Å². The summed E-state index contributed by atoms with van der Waals surface area (Å²) in [4.78, 5) is 36.4. The van der Waals surface area contributed by atoms with E-state index in [0.29, 0.717) is 22.6 Å². The molecule has 5 rings (SSSR count). The van der Waals surface area contributed by atoms with Crippen LogP contribution in [-0.4, -0.2) is 33.0 Å². The number of fused-ring (bicyclic) bond motifs is 1. The Morgan fingerprint density at radius 1 is 0.892 bits per heavy atom. The van der Waals surface area contributed by atoms with Crippen LogP contribution in [0.4, 0.5) is 22.0 Å². The van der Waals surface area contributed by atoms with Gasteiger partial charge >= 0.3 is 6.03 Å². The summed E-state index contributed by atoms with van der Waals surface area (Å²) < 4.78 is 5.63. The van der Waals surface area contributed by atoms with Crippen LogP contribution in [0.25, 0.3) is 33.5 Å². The molecule has 0 radical (unpaired) electrons. The lowest BCUT2D eigenvalue weighted by Gasteiger charge is -2.11. The molecule has 0 aliphatic rings. The Balaban J connectivity index is 1.40. The highest BCUT2D eigenvalue weighted by Gasteiger charge is 2.16. The highest BCUT2D eigenvalue weighted by molar-refractivity contribution is 6.00. The minimum atomic E-state index is -0.694. The van der Waals surface area contributed by atoms with Gasteiger partial charge in [-0.25, -0.2) is 19.7 Å². The molecule has 0 bridgehead atoms. The molecule has 0 aliphatic carbocycles. The zero-order valence-electron chi connectivity index (χ0n) is 19.6. The molecule has 2 N–H and O–H groups in total. The number of ether oxygens (including phenoxy) is 1. The van der Waals surface area contributed by atoms with Crippen molar-refractivity contribution in [3.05, 3.63) is 101 Å². The monoisotopic (exact) mass is 492 g/mol. The molecule has 0 aliphatic heterocycles. The quantitative estimate of drug-likeness (QED) is 0.222. The van der Waals surface area contributed by atoms with Gasteiger partial charge in [0.05, 0.1) is 23.9 Å². The lowest BCUT2D eigenvalue weighted by Crippen LogP contribution is -2.21. The number of hydrogen-bond acceptors (Lipinski definition) is 7. The van der Waals surface area contributed by atoms with Crippen molar-refractivity contribution in [3.8, 4) is 28.1 Å². The normalized spacial score (nSPS) is 10.6. The number of nitrogens with zero attached hydrogens (tertiary/aromatic N) is 4. The second kappa shape index (κ2) is 10.1. The second-order valence-corrected chi connectivity index (χ2v) is 7.93. The molecule has 2 heterocycles. The Kier molecular flexibility index (Phi) is 6.37. The molecular weight excluding hydrogens is 472 g/mol. The Bertz CT molecular complexity index is 1620. The Morgan fingerprint density at radius 2 is 1.68 bits per heavy atom. The van der Waals surface area contributed by atoms with Gasteiger partial charge in [-0.05, 0) is 35.9 Å². The fourth-order valence-corrected chi connectivity index (χ4v) is 3.83. The number of methoxy groups -OCH3 is 1. The van der Waals surface area contributed by atoms with Crippen molar-refractivity contribution >= 4 is 34.4 Å². The number of anilines is 2. The molecule has 0 saturated carbocycles. The van der Waals surface area contributed by atoms with E-state index in [-0.39, 0.29) is 17.2 Å². The van der Waals surface area contributed by atoms with Crippen LogP contribution in [0.15, 0.2) is 91.1 Å². The van der Waals surface area contributed by atoms with E-state index in [1.54, 1.807) is 19.2 Å². The third-order valence-corrected chi connectivity index (χ3v) is 5.58. The minimum absolute atomic E-state index is 0.0621. The number of hydrogen-bond donors (Lipinski definition) is 2. The summed E-state index contributed by atoms with van der Waals surface area (Å²) in [5.74, 6) is 0.851. The van der Waals surface area contributed by atoms with Crippen molar-refractivity contribution in [1.82, 2.24) is 15.0 Å². The smallest absolute Gasteiger partial charge is 0.325 e. The molecule has 0 atom stereocenters. The highest BCUT2D eigenvalue weighted by atomic mass is 16.6.